The highest BCUT2D eigenvalue weighted by Crippen LogP contribution is 2.42. The molecule has 1 aromatic rings. The van der Waals surface area contributed by atoms with Crippen LogP contribution >= 0.6 is 0 Å². The molecule has 6 nitrogen and oxygen atoms in total. The van der Waals surface area contributed by atoms with Gasteiger partial charge in [0.2, 0.25) is 6.79 Å². The van der Waals surface area contributed by atoms with Gasteiger partial charge in [0.05, 0.1) is 7.11 Å². The van der Waals surface area contributed by atoms with Gasteiger partial charge in [0.15, 0.2) is 11.5 Å². The largest absolute Gasteiger partial charge is 0.496 e. The summed E-state index contributed by atoms with van der Waals surface area (Å²) >= 11 is 0. The zero-order valence-electron chi connectivity index (χ0n) is 15.4. The number of ether oxygens (including phenoxy) is 3. The molecule has 26 heavy (non-hydrogen) atoms. The molecule has 0 radical (unpaired) electrons. The second-order valence-corrected chi connectivity index (χ2v) is 7.82. The Hall–Kier alpha value is -2.11. The molecule has 3 aliphatic rings. The van der Waals surface area contributed by atoms with Gasteiger partial charge in [-0.05, 0) is 43.1 Å². The lowest BCUT2D eigenvalue weighted by molar-refractivity contribution is 0.136. The summed E-state index contributed by atoms with van der Waals surface area (Å²) in [6.07, 6.45) is 8.10. The van der Waals surface area contributed by atoms with Crippen LogP contribution in [0, 0.1) is 17.8 Å². The van der Waals surface area contributed by atoms with Crippen molar-refractivity contribution in [3.63, 3.8) is 0 Å². The molecule has 142 valence electrons. The lowest BCUT2D eigenvalue weighted by atomic mass is 9.68. The molecule has 2 unspecified atom stereocenters. The predicted molar refractivity (Wildman–Crippen MR) is 97.5 cm³/mol. The molecule has 2 atom stereocenters. The predicted octanol–water partition coefficient (Wildman–Crippen LogP) is 3.44. The highest BCUT2D eigenvalue weighted by Gasteiger charge is 2.31. The number of carbonyl (C=O) groups excluding carboxylic acids is 1. The zero-order chi connectivity index (χ0) is 17.9. The Morgan fingerprint density at radius 1 is 1.12 bits per heavy atom. The van der Waals surface area contributed by atoms with Gasteiger partial charge < -0.3 is 24.8 Å². The van der Waals surface area contributed by atoms with E-state index in [1.54, 1.807) is 13.2 Å². The summed E-state index contributed by atoms with van der Waals surface area (Å²) in [5.41, 5.74) is 0.874. The number of hydrogen-bond acceptors (Lipinski definition) is 4. The van der Waals surface area contributed by atoms with Crippen molar-refractivity contribution in [3.8, 4) is 17.2 Å². The van der Waals surface area contributed by atoms with E-state index < -0.39 is 0 Å². The first-order valence-corrected chi connectivity index (χ1v) is 9.69. The van der Waals surface area contributed by atoms with Crippen LogP contribution in [0.3, 0.4) is 0 Å². The van der Waals surface area contributed by atoms with Crippen LogP contribution in [-0.4, -0.2) is 26.5 Å². The Morgan fingerprint density at radius 2 is 1.85 bits per heavy atom. The van der Waals surface area contributed by atoms with Gasteiger partial charge in [0, 0.05) is 24.7 Å². The van der Waals surface area contributed by atoms with E-state index in [1.807, 2.05) is 6.07 Å². The number of carbonyl (C=O) groups is 1. The molecule has 2 saturated carbocycles. The third-order valence-electron chi connectivity index (χ3n) is 5.99. The van der Waals surface area contributed by atoms with Gasteiger partial charge >= 0.3 is 6.03 Å². The van der Waals surface area contributed by atoms with Crippen molar-refractivity contribution < 1.29 is 19.0 Å². The van der Waals surface area contributed by atoms with Crippen LogP contribution in [0.1, 0.15) is 44.1 Å². The number of urea groups is 1. The Balaban J connectivity index is 1.26. The van der Waals surface area contributed by atoms with E-state index in [2.05, 4.69) is 10.6 Å². The molecule has 6 heteroatoms. The first-order chi connectivity index (χ1) is 12.7. The van der Waals surface area contributed by atoms with E-state index in [-0.39, 0.29) is 12.8 Å². The van der Waals surface area contributed by atoms with Crippen LogP contribution in [0.15, 0.2) is 12.1 Å². The molecule has 4 rings (SSSR count). The Bertz CT molecular complexity index is 651. The SMILES string of the molecule is COc1cc2c(cc1CNC(=O)NCC1CC3CCCC(C3)C1)OCO2. The number of methoxy groups -OCH3 is 1. The van der Waals surface area contributed by atoms with Crippen molar-refractivity contribution in [2.75, 3.05) is 20.4 Å². The third kappa shape index (κ3) is 3.84. The van der Waals surface area contributed by atoms with Crippen molar-refractivity contribution in [1.82, 2.24) is 10.6 Å². The Kier molecular flexibility index (Phi) is 5.09. The molecule has 1 heterocycles. The third-order valence-corrected chi connectivity index (χ3v) is 5.99. The molecule has 0 saturated heterocycles. The topological polar surface area (TPSA) is 68.8 Å². The second-order valence-electron chi connectivity index (χ2n) is 7.82. The van der Waals surface area contributed by atoms with Crippen molar-refractivity contribution in [2.24, 2.45) is 17.8 Å². The normalized spacial score (nSPS) is 26.3. The molecule has 1 aliphatic heterocycles. The number of fused-ring (bicyclic) bond motifs is 3. The fraction of sp³-hybridized carbons (Fsp3) is 0.650. The van der Waals surface area contributed by atoms with Gasteiger partial charge in [-0.2, -0.15) is 0 Å². The number of nitrogens with one attached hydrogen (secondary N) is 2. The fourth-order valence-corrected chi connectivity index (χ4v) is 4.80. The van der Waals surface area contributed by atoms with E-state index in [4.69, 9.17) is 14.2 Å². The van der Waals surface area contributed by atoms with E-state index in [9.17, 15) is 4.79 Å². The van der Waals surface area contributed by atoms with Crippen LogP contribution < -0.4 is 24.8 Å². The fourth-order valence-electron chi connectivity index (χ4n) is 4.80. The Labute approximate surface area is 154 Å². The van der Waals surface area contributed by atoms with E-state index >= 15 is 0 Å². The molecule has 0 aromatic heterocycles. The summed E-state index contributed by atoms with van der Waals surface area (Å²) in [5, 5.41) is 5.98. The van der Waals surface area contributed by atoms with E-state index in [1.165, 1.54) is 38.5 Å². The van der Waals surface area contributed by atoms with Crippen molar-refractivity contribution in [3.05, 3.63) is 17.7 Å². The first kappa shape index (κ1) is 17.3. The lowest BCUT2D eigenvalue weighted by Gasteiger charge is -2.39. The highest BCUT2D eigenvalue weighted by molar-refractivity contribution is 5.74. The molecule has 2 fully saturated rings. The first-order valence-electron chi connectivity index (χ1n) is 9.69. The maximum absolute atomic E-state index is 12.2. The molecule has 2 N–H and O–H groups in total. The summed E-state index contributed by atoms with van der Waals surface area (Å²) in [6, 6.07) is 3.54. The summed E-state index contributed by atoms with van der Waals surface area (Å²) in [6.45, 7) is 1.39. The summed E-state index contributed by atoms with van der Waals surface area (Å²) in [7, 11) is 1.61. The number of amides is 2. The molecule has 2 bridgehead atoms. The van der Waals surface area contributed by atoms with Gasteiger partial charge in [-0.1, -0.05) is 19.3 Å². The summed E-state index contributed by atoms with van der Waals surface area (Å²) < 4.78 is 16.2. The minimum atomic E-state index is -0.125. The van der Waals surface area contributed by atoms with E-state index in [0.29, 0.717) is 29.7 Å². The maximum atomic E-state index is 12.2. The number of benzene rings is 1. The Morgan fingerprint density at radius 3 is 2.58 bits per heavy atom. The van der Waals surface area contributed by atoms with Crippen molar-refractivity contribution in [2.45, 2.75) is 45.1 Å². The van der Waals surface area contributed by atoms with Crippen LogP contribution in [0.4, 0.5) is 4.79 Å². The average molecular weight is 360 g/mol. The van der Waals surface area contributed by atoms with Crippen LogP contribution in [0.2, 0.25) is 0 Å². The van der Waals surface area contributed by atoms with E-state index in [0.717, 1.165) is 23.9 Å². The summed E-state index contributed by atoms with van der Waals surface area (Å²) in [4.78, 5) is 12.2. The zero-order valence-corrected chi connectivity index (χ0v) is 15.4. The lowest BCUT2D eigenvalue weighted by Crippen LogP contribution is -2.40. The second kappa shape index (κ2) is 7.64. The van der Waals surface area contributed by atoms with Gasteiger partial charge in [0.25, 0.3) is 0 Å². The molecule has 2 amide bonds. The maximum Gasteiger partial charge on any atom is 0.315 e. The number of rotatable bonds is 5. The molecule has 0 spiro atoms. The van der Waals surface area contributed by atoms with Crippen molar-refractivity contribution in [1.29, 1.82) is 0 Å². The highest BCUT2D eigenvalue weighted by atomic mass is 16.7. The smallest absolute Gasteiger partial charge is 0.315 e. The minimum Gasteiger partial charge on any atom is -0.496 e. The summed E-state index contributed by atoms with van der Waals surface area (Å²) in [5.74, 6) is 4.46. The molecular formula is C20H28N2O4. The quantitative estimate of drug-likeness (QED) is 0.844. The van der Waals surface area contributed by atoms with Crippen molar-refractivity contribution >= 4 is 6.03 Å². The van der Waals surface area contributed by atoms with Gasteiger partial charge in [-0.15, -0.1) is 0 Å². The minimum absolute atomic E-state index is 0.125. The van der Waals surface area contributed by atoms with Crippen LogP contribution in [0.5, 0.6) is 17.2 Å². The molecule has 1 aromatic carbocycles. The van der Waals surface area contributed by atoms with Gasteiger partial charge in [0.1, 0.15) is 5.75 Å². The average Bonchev–Trinajstić information content (AvgIpc) is 3.11. The molecule has 2 aliphatic carbocycles. The van der Waals surface area contributed by atoms with Crippen LogP contribution in [0.25, 0.3) is 0 Å². The van der Waals surface area contributed by atoms with Gasteiger partial charge in [-0.3, -0.25) is 0 Å². The number of hydrogen-bond donors (Lipinski definition) is 2. The monoisotopic (exact) mass is 360 g/mol. The van der Waals surface area contributed by atoms with Gasteiger partial charge in [-0.25, -0.2) is 4.79 Å². The molecular weight excluding hydrogens is 332 g/mol. The van der Waals surface area contributed by atoms with Crippen LogP contribution in [-0.2, 0) is 6.54 Å². The standard InChI is InChI=1S/C20H28N2O4/c1-24-17-9-19-18(25-12-26-19)8-16(17)11-22-20(23)21-10-15-6-13-3-2-4-14(5-13)7-15/h8-9,13-15H,2-7,10-12H2,1H3,(H2,21,22,23).